The summed E-state index contributed by atoms with van der Waals surface area (Å²) in [7, 11) is 0. The Morgan fingerprint density at radius 3 is 2.68 bits per heavy atom. The summed E-state index contributed by atoms with van der Waals surface area (Å²) in [4.78, 5) is 11.7. The third-order valence-corrected chi connectivity index (χ3v) is 3.22. The second-order valence-electron chi connectivity index (χ2n) is 4.64. The first kappa shape index (κ1) is 13.9. The number of hydrazone groups is 1. The van der Waals surface area contributed by atoms with Crippen LogP contribution in [0.5, 0.6) is 5.75 Å². The lowest BCUT2D eigenvalue weighted by atomic mass is 10.0. The zero-order valence-corrected chi connectivity index (χ0v) is 11.2. The van der Waals surface area contributed by atoms with Crippen LogP contribution in [0.4, 0.5) is 4.39 Å². The topological polar surface area (TPSA) is 91.2 Å². The van der Waals surface area contributed by atoms with Crippen LogP contribution >= 0.6 is 0 Å². The molecule has 0 aliphatic carbocycles. The Bertz CT molecular complexity index is 778. The molecule has 0 aromatic heterocycles. The minimum atomic E-state index is -2.06. The van der Waals surface area contributed by atoms with Crippen LogP contribution in [-0.4, -0.2) is 22.1 Å². The van der Waals surface area contributed by atoms with E-state index in [1.807, 2.05) is 0 Å². The molecule has 0 amide bonds. The van der Waals surface area contributed by atoms with E-state index in [0.717, 1.165) is 0 Å². The number of para-hydroxylation sites is 1. The van der Waals surface area contributed by atoms with Crippen LogP contribution in [-0.2, 0) is 15.3 Å². The van der Waals surface area contributed by atoms with Gasteiger partial charge in [0.1, 0.15) is 11.6 Å². The molecule has 1 atom stereocenters. The minimum absolute atomic E-state index is 0.00217. The van der Waals surface area contributed by atoms with Crippen molar-refractivity contribution >= 4 is 11.9 Å². The lowest BCUT2D eigenvalue weighted by Gasteiger charge is -2.24. The van der Waals surface area contributed by atoms with Gasteiger partial charge in [-0.05, 0) is 30.3 Å². The highest BCUT2D eigenvalue weighted by atomic mass is 19.1. The van der Waals surface area contributed by atoms with Crippen LogP contribution in [0.3, 0.4) is 0 Å². The van der Waals surface area contributed by atoms with Crippen molar-refractivity contribution in [2.75, 3.05) is 0 Å². The number of rotatable bonds is 3. The van der Waals surface area contributed by atoms with E-state index >= 15 is 0 Å². The number of nitrogens with one attached hydrogen (secondary N) is 1. The number of phenolic OH excluding ortho intramolecular Hbond substituents is 1. The fraction of sp³-hybridized carbons (Fsp3) is 0.0667. The number of carboxylic acids is 1. The summed E-state index contributed by atoms with van der Waals surface area (Å²) in [5, 5.41) is 23.2. The molecular formula is C15H11FN2O4. The Morgan fingerprint density at radius 1 is 1.23 bits per heavy atom. The number of carboxylic acid groups (broad SMARTS) is 1. The van der Waals surface area contributed by atoms with Crippen LogP contribution in [0.15, 0.2) is 53.6 Å². The molecule has 7 heteroatoms. The Labute approximate surface area is 124 Å². The Hall–Kier alpha value is -3.09. The molecule has 0 saturated carbocycles. The molecule has 0 saturated heterocycles. The van der Waals surface area contributed by atoms with E-state index in [1.165, 1.54) is 36.4 Å². The highest BCUT2D eigenvalue weighted by Gasteiger charge is 2.49. The average molecular weight is 302 g/mol. The number of ether oxygens (including phenoxy) is 1. The van der Waals surface area contributed by atoms with E-state index in [9.17, 15) is 19.4 Å². The van der Waals surface area contributed by atoms with Gasteiger partial charge in [0.25, 0.3) is 0 Å². The fourth-order valence-electron chi connectivity index (χ4n) is 2.16. The van der Waals surface area contributed by atoms with Crippen LogP contribution in [0.25, 0.3) is 0 Å². The van der Waals surface area contributed by atoms with Crippen molar-refractivity contribution < 1.29 is 24.1 Å². The van der Waals surface area contributed by atoms with Crippen LogP contribution in [0.1, 0.15) is 11.1 Å². The predicted molar refractivity (Wildman–Crippen MR) is 74.6 cm³/mol. The normalized spacial score (nSPS) is 20.0. The molecule has 1 heterocycles. The number of benzene rings is 2. The monoisotopic (exact) mass is 302 g/mol. The third-order valence-electron chi connectivity index (χ3n) is 3.22. The lowest BCUT2D eigenvalue weighted by molar-refractivity contribution is -0.159. The number of carbonyl (C=O) groups is 1. The van der Waals surface area contributed by atoms with Gasteiger partial charge in [-0.25, -0.2) is 9.18 Å². The van der Waals surface area contributed by atoms with Gasteiger partial charge < -0.3 is 14.9 Å². The summed E-state index contributed by atoms with van der Waals surface area (Å²) >= 11 is 0. The van der Waals surface area contributed by atoms with E-state index in [4.69, 9.17) is 4.74 Å². The van der Waals surface area contributed by atoms with Gasteiger partial charge in [-0.15, -0.1) is 5.10 Å². The van der Waals surface area contributed by atoms with E-state index in [1.54, 1.807) is 12.1 Å². The number of halogens is 1. The van der Waals surface area contributed by atoms with Gasteiger partial charge in [0, 0.05) is 5.56 Å². The van der Waals surface area contributed by atoms with Crippen molar-refractivity contribution in [1.82, 2.24) is 5.43 Å². The van der Waals surface area contributed by atoms with Crippen molar-refractivity contribution in [2.24, 2.45) is 5.10 Å². The third kappa shape index (κ3) is 2.12. The first-order valence-electron chi connectivity index (χ1n) is 6.34. The van der Waals surface area contributed by atoms with Gasteiger partial charge >= 0.3 is 11.7 Å². The highest BCUT2D eigenvalue weighted by molar-refractivity contribution is 5.98. The minimum Gasteiger partial charge on any atom is -0.507 e. The second-order valence-corrected chi connectivity index (χ2v) is 4.64. The summed E-state index contributed by atoms with van der Waals surface area (Å²) < 4.78 is 18.7. The number of phenols is 1. The average Bonchev–Trinajstić information content (AvgIpc) is 2.94. The number of hydrogen-bond donors (Lipinski definition) is 3. The number of nitrogens with zero attached hydrogens (tertiary/aromatic N) is 1. The van der Waals surface area contributed by atoms with Gasteiger partial charge in [-0.3, -0.25) is 5.43 Å². The summed E-state index contributed by atoms with van der Waals surface area (Å²) in [5.74, 6) is -2.22. The molecule has 22 heavy (non-hydrogen) atoms. The number of aromatic hydroxyl groups is 1. The molecule has 0 bridgehead atoms. The van der Waals surface area contributed by atoms with E-state index in [-0.39, 0.29) is 22.8 Å². The lowest BCUT2D eigenvalue weighted by Crippen LogP contribution is -2.46. The largest absolute Gasteiger partial charge is 0.507 e. The molecule has 3 N–H and O–H groups in total. The van der Waals surface area contributed by atoms with Crippen molar-refractivity contribution in [3.05, 3.63) is 65.5 Å². The van der Waals surface area contributed by atoms with Crippen molar-refractivity contribution in [3.63, 3.8) is 0 Å². The smallest absolute Gasteiger partial charge is 0.376 e. The van der Waals surface area contributed by atoms with E-state index in [2.05, 4.69) is 10.5 Å². The fourth-order valence-corrected chi connectivity index (χ4v) is 2.16. The maximum absolute atomic E-state index is 13.3. The molecule has 2 aromatic rings. The molecule has 1 unspecified atom stereocenters. The SMILES string of the molecule is O=C(O)C1(c2ccccc2O)NN=C(c2cccc(F)c2)O1. The summed E-state index contributed by atoms with van der Waals surface area (Å²) in [6, 6.07) is 11.3. The Balaban J connectivity index is 2.01. The quantitative estimate of drug-likeness (QED) is 0.803. The summed E-state index contributed by atoms with van der Waals surface area (Å²) in [5.41, 5.74) is 0.597. The molecule has 0 radical (unpaired) electrons. The molecule has 1 aliphatic rings. The standard InChI is InChI=1S/C15H11FN2O4/c16-10-5-3-4-9(8-10)13-17-18-15(22-13,14(20)21)11-6-1-2-7-12(11)19/h1-8,18-19H,(H,20,21). The molecule has 112 valence electrons. The van der Waals surface area contributed by atoms with Gasteiger partial charge in [-0.1, -0.05) is 18.2 Å². The van der Waals surface area contributed by atoms with Gasteiger partial charge in [-0.2, -0.15) is 0 Å². The van der Waals surface area contributed by atoms with Crippen LogP contribution in [0.2, 0.25) is 0 Å². The zero-order chi connectivity index (χ0) is 15.7. The molecule has 6 nitrogen and oxygen atoms in total. The summed E-state index contributed by atoms with van der Waals surface area (Å²) in [6.45, 7) is 0. The number of aliphatic carboxylic acids is 1. The maximum atomic E-state index is 13.3. The van der Waals surface area contributed by atoms with E-state index in [0.29, 0.717) is 0 Å². The molecule has 3 rings (SSSR count). The van der Waals surface area contributed by atoms with Gasteiger partial charge in [0.2, 0.25) is 5.90 Å². The summed E-state index contributed by atoms with van der Waals surface area (Å²) in [6.07, 6.45) is 0. The van der Waals surface area contributed by atoms with Gasteiger partial charge in [0.15, 0.2) is 0 Å². The van der Waals surface area contributed by atoms with Crippen molar-refractivity contribution in [1.29, 1.82) is 0 Å². The zero-order valence-electron chi connectivity index (χ0n) is 11.2. The number of hydrogen-bond acceptors (Lipinski definition) is 5. The van der Waals surface area contributed by atoms with Crippen molar-refractivity contribution in [3.8, 4) is 5.75 Å². The Morgan fingerprint density at radius 2 is 2.00 bits per heavy atom. The molecule has 0 spiro atoms. The molecular weight excluding hydrogens is 291 g/mol. The highest BCUT2D eigenvalue weighted by Crippen LogP contribution is 2.34. The predicted octanol–water partition coefficient (Wildman–Crippen LogP) is 1.75. The maximum Gasteiger partial charge on any atom is 0.376 e. The molecule has 2 aromatic carbocycles. The Kier molecular flexibility index (Phi) is 3.17. The molecule has 0 fully saturated rings. The van der Waals surface area contributed by atoms with E-state index < -0.39 is 17.5 Å². The van der Waals surface area contributed by atoms with Crippen LogP contribution < -0.4 is 5.43 Å². The first-order valence-corrected chi connectivity index (χ1v) is 6.34. The molecule has 1 aliphatic heterocycles. The van der Waals surface area contributed by atoms with Crippen molar-refractivity contribution in [2.45, 2.75) is 5.72 Å². The van der Waals surface area contributed by atoms with Gasteiger partial charge in [0.05, 0.1) is 5.56 Å². The first-order chi connectivity index (χ1) is 10.5. The second kappa shape index (κ2) is 5.03. The van der Waals surface area contributed by atoms with Crippen LogP contribution in [0, 0.1) is 5.82 Å².